The average molecular weight is 1100 g/mol. The Balaban J connectivity index is 0.00000608. The van der Waals surface area contributed by atoms with Gasteiger partial charge in [0.1, 0.15) is 5.82 Å². The Morgan fingerprint density at radius 2 is 1.21 bits per heavy atom. The van der Waals surface area contributed by atoms with Crippen molar-refractivity contribution in [3.05, 3.63) is 199 Å². The molecule has 358 valence electrons. The predicted octanol–water partition coefficient (Wildman–Crippen LogP) is 17.4. The molecule has 0 bridgehead atoms. The van der Waals surface area contributed by atoms with Gasteiger partial charge in [-0.15, -0.1) is 48.1 Å². The summed E-state index contributed by atoms with van der Waals surface area (Å²) in [6.45, 7) is 27.3. The third-order valence-electron chi connectivity index (χ3n) is 13.4. The van der Waals surface area contributed by atoms with Crippen molar-refractivity contribution in [3.8, 4) is 39.6 Å². The monoisotopic (exact) mass is 1100 g/mol. The van der Waals surface area contributed by atoms with Crippen molar-refractivity contribution in [2.75, 3.05) is 9.80 Å². The topological polar surface area (TPSA) is 33.5 Å². The number of rotatable bonds is 9. The van der Waals surface area contributed by atoms with Gasteiger partial charge in [-0.1, -0.05) is 167 Å². The van der Waals surface area contributed by atoms with Crippen LogP contribution in [0.15, 0.2) is 158 Å². The molecule has 6 heteroatoms. The Labute approximate surface area is 430 Å². The number of anilines is 4. The van der Waals surface area contributed by atoms with Crippen LogP contribution >= 0.6 is 0 Å². The maximum Gasteiger partial charge on any atom is 0.135 e. The summed E-state index contributed by atoms with van der Waals surface area (Å²) >= 11 is 0. The molecule has 0 amide bonds. The van der Waals surface area contributed by atoms with E-state index in [1.165, 1.54) is 38.9 Å². The van der Waals surface area contributed by atoms with Crippen LogP contribution < -0.4 is 14.5 Å². The fraction of sp³-hybridized carbons (Fsp3) is 0.250. The smallest absolute Gasteiger partial charge is 0.135 e. The Morgan fingerprint density at radius 1 is 0.557 bits per heavy atom. The zero-order chi connectivity index (χ0) is 48.4. The van der Waals surface area contributed by atoms with E-state index < -0.39 is 0 Å². The molecule has 2 aromatic heterocycles. The molecule has 5 nitrogen and oxygen atoms in total. The first-order chi connectivity index (χ1) is 32.9. The van der Waals surface area contributed by atoms with Crippen LogP contribution in [-0.2, 0) is 43.7 Å². The van der Waals surface area contributed by atoms with Gasteiger partial charge in [0.15, 0.2) is 0 Å². The molecule has 0 saturated carbocycles. The number of benzene rings is 7. The van der Waals surface area contributed by atoms with Gasteiger partial charge in [0, 0.05) is 66.9 Å². The van der Waals surface area contributed by atoms with Gasteiger partial charge in [-0.05, 0) is 109 Å². The SMILES string of the molecule is CC(C)Cc1cc(-n2c3[c-]c(Oc4[c-]c(N5[CH-]N(c6cc(C(C)(C)C)cc(C(C)(C)C)c6)c6cc(-c7ccccc7)ccc65)ccc4)ccc3c3ccccc32)ncc1-c1ccc(C(C)(C)C)cc1.[Pt]. The van der Waals surface area contributed by atoms with Crippen molar-refractivity contribution in [3.63, 3.8) is 0 Å². The molecule has 0 fully saturated rings. The Morgan fingerprint density at radius 3 is 1.90 bits per heavy atom. The van der Waals surface area contributed by atoms with Crippen LogP contribution in [0.2, 0.25) is 0 Å². The Kier molecular flexibility index (Phi) is 13.0. The number of pyridine rings is 1. The van der Waals surface area contributed by atoms with E-state index in [1.807, 2.05) is 18.2 Å². The van der Waals surface area contributed by atoms with Crippen molar-refractivity contribution in [1.29, 1.82) is 0 Å². The molecule has 0 unspecified atom stereocenters. The maximum absolute atomic E-state index is 6.74. The summed E-state index contributed by atoms with van der Waals surface area (Å²) in [7, 11) is 0. The minimum Gasteiger partial charge on any atom is -0.509 e. The van der Waals surface area contributed by atoms with E-state index in [-0.39, 0.29) is 37.3 Å². The number of nitrogens with zero attached hydrogens (tertiary/aromatic N) is 4. The molecular formula is C64H63N4OPt-3. The number of hydrogen-bond acceptors (Lipinski definition) is 4. The molecule has 70 heavy (non-hydrogen) atoms. The molecule has 3 heterocycles. The number of fused-ring (bicyclic) bond motifs is 4. The number of ether oxygens (including phenoxy) is 1. The second-order valence-electron chi connectivity index (χ2n) is 22.3. The van der Waals surface area contributed by atoms with Crippen LogP contribution in [0, 0.1) is 24.7 Å². The van der Waals surface area contributed by atoms with Crippen LogP contribution in [0.25, 0.3) is 49.9 Å². The van der Waals surface area contributed by atoms with Crippen molar-refractivity contribution in [2.24, 2.45) is 5.92 Å². The summed E-state index contributed by atoms with van der Waals surface area (Å²) in [4.78, 5) is 9.76. The molecule has 7 aromatic carbocycles. The van der Waals surface area contributed by atoms with Gasteiger partial charge in [-0.3, -0.25) is 0 Å². The zero-order valence-electron chi connectivity index (χ0n) is 42.4. The first kappa shape index (κ1) is 48.6. The van der Waals surface area contributed by atoms with Gasteiger partial charge >= 0.3 is 0 Å². The van der Waals surface area contributed by atoms with Crippen LogP contribution in [0.1, 0.15) is 98.4 Å². The van der Waals surface area contributed by atoms with Gasteiger partial charge in [-0.2, -0.15) is 12.1 Å². The Bertz CT molecular complexity index is 3310. The van der Waals surface area contributed by atoms with Gasteiger partial charge in [0.05, 0.1) is 0 Å². The van der Waals surface area contributed by atoms with Crippen LogP contribution in [0.3, 0.4) is 0 Å². The van der Waals surface area contributed by atoms with E-state index in [0.717, 1.165) is 62.4 Å². The van der Waals surface area contributed by atoms with Crippen molar-refractivity contribution in [1.82, 2.24) is 9.55 Å². The molecule has 0 saturated heterocycles. The molecule has 9 aromatic rings. The third kappa shape index (κ3) is 9.58. The van der Waals surface area contributed by atoms with Gasteiger partial charge in [0.2, 0.25) is 0 Å². The summed E-state index contributed by atoms with van der Waals surface area (Å²) in [5, 5.41) is 2.23. The zero-order valence-corrected chi connectivity index (χ0v) is 44.7. The molecule has 0 atom stereocenters. The molecule has 1 aliphatic heterocycles. The average Bonchev–Trinajstić information content (AvgIpc) is 3.86. The second kappa shape index (κ2) is 18.7. The van der Waals surface area contributed by atoms with E-state index in [4.69, 9.17) is 9.72 Å². The molecule has 0 spiro atoms. The van der Waals surface area contributed by atoms with E-state index >= 15 is 0 Å². The standard InChI is InChI=1S/C64H63N4O.Pt/c1-42(2)32-46-34-61(65-40-56(46)44-24-27-47(28-25-44)62(3,4)5)68-57-23-16-15-22-54(57)55-30-29-53(39-59(55)68)69-52-21-17-20-50(38-52)66-41-67(51-36-48(63(6,7)8)35-49(37-51)64(9,10)11)60-33-45(26-31-58(60)66)43-18-13-12-14-19-43;/h12-31,33-37,40-42H,32H2,1-11H3;/q-3;. The van der Waals surface area contributed by atoms with E-state index in [1.54, 1.807) is 0 Å². The van der Waals surface area contributed by atoms with Gasteiger partial charge < -0.3 is 19.1 Å². The van der Waals surface area contributed by atoms with Gasteiger partial charge in [-0.25, -0.2) is 4.98 Å². The summed E-state index contributed by atoms with van der Waals surface area (Å²) in [5.41, 5.74) is 16.1. The summed E-state index contributed by atoms with van der Waals surface area (Å²) in [5.74, 6) is 2.53. The molecule has 0 radical (unpaired) electrons. The van der Waals surface area contributed by atoms with Crippen molar-refractivity contribution >= 4 is 44.6 Å². The first-order valence-electron chi connectivity index (χ1n) is 24.4. The first-order valence-corrected chi connectivity index (χ1v) is 24.4. The van der Waals surface area contributed by atoms with E-state index in [9.17, 15) is 0 Å². The molecule has 0 N–H and O–H groups in total. The second-order valence-corrected chi connectivity index (χ2v) is 22.3. The largest absolute Gasteiger partial charge is 0.509 e. The maximum atomic E-state index is 6.74. The number of para-hydroxylation sites is 1. The van der Waals surface area contributed by atoms with Crippen molar-refractivity contribution in [2.45, 2.75) is 98.8 Å². The minimum atomic E-state index is -0.0325. The summed E-state index contributed by atoms with van der Waals surface area (Å²) in [6, 6.07) is 61.9. The number of aromatic nitrogens is 2. The summed E-state index contributed by atoms with van der Waals surface area (Å²) in [6.07, 6.45) is 2.99. The number of hydrogen-bond donors (Lipinski definition) is 0. The fourth-order valence-electron chi connectivity index (χ4n) is 9.54. The van der Waals surface area contributed by atoms with Crippen LogP contribution in [0.5, 0.6) is 11.5 Å². The fourth-order valence-corrected chi connectivity index (χ4v) is 9.54. The predicted molar refractivity (Wildman–Crippen MR) is 290 cm³/mol. The normalized spacial score (nSPS) is 13.0. The molecule has 1 aliphatic rings. The third-order valence-corrected chi connectivity index (χ3v) is 13.4. The molecule has 0 aliphatic carbocycles. The quantitative estimate of drug-likeness (QED) is 0.135. The van der Waals surface area contributed by atoms with Crippen molar-refractivity contribution < 1.29 is 25.8 Å². The van der Waals surface area contributed by atoms with Crippen LogP contribution in [0.4, 0.5) is 22.7 Å². The summed E-state index contributed by atoms with van der Waals surface area (Å²) < 4.78 is 8.98. The van der Waals surface area contributed by atoms with Gasteiger partial charge in [0.25, 0.3) is 0 Å². The Hall–Kier alpha value is -6.42. The van der Waals surface area contributed by atoms with Crippen LogP contribution in [-0.4, -0.2) is 9.55 Å². The van der Waals surface area contributed by atoms with E-state index in [0.29, 0.717) is 17.4 Å². The minimum absolute atomic E-state index is 0. The molecular weight excluding hydrogens is 1040 g/mol. The molecule has 10 rings (SSSR count). The van der Waals surface area contributed by atoms with E-state index in [2.05, 4.69) is 249 Å².